The molecular formula is C14H8Cl2N2O3. The highest BCUT2D eigenvalue weighted by molar-refractivity contribution is 6.37. The lowest BCUT2D eigenvalue weighted by atomic mass is 10.2. The van der Waals surface area contributed by atoms with Crippen molar-refractivity contribution < 1.29 is 15.0 Å². The number of H-pyrrole nitrogens is 1. The van der Waals surface area contributed by atoms with Gasteiger partial charge in [-0.05, 0) is 30.3 Å². The van der Waals surface area contributed by atoms with Crippen molar-refractivity contribution in [3.05, 3.63) is 45.9 Å². The molecule has 0 aliphatic rings. The number of carboxylic acid groups (broad SMARTS) is 1. The van der Waals surface area contributed by atoms with Crippen molar-refractivity contribution in [1.82, 2.24) is 9.97 Å². The Balaban J connectivity index is 2.15. The van der Waals surface area contributed by atoms with Crippen LogP contribution in [0.1, 0.15) is 10.4 Å². The Bertz CT molecular complexity index is 851. The first-order valence-corrected chi connectivity index (χ1v) is 6.63. The van der Waals surface area contributed by atoms with Crippen molar-refractivity contribution in [1.29, 1.82) is 0 Å². The number of nitrogens with one attached hydrogen (secondary N) is 1. The number of fused-ring (bicyclic) bond motifs is 1. The zero-order valence-corrected chi connectivity index (χ0v) is 11.9. The second-order valence-electron chi connectivity index (χ2n) is 4.41. The fraction of sp³-hybridized carbons (Fsp3) is 0. The Morgan fingerprint density at radius 3 is 2.43 bits per heavy atom. The Kier molecular flexibility index (Phi) is 3.23. The molecule has 0 unspecified atom stereocenters. The number of carboxylic acids is 1. The lowest BCUT2D eigenvalue weighted by Gasteiger charge is -2.02. The molecule has 1 heterocycles. The van der Waals surface area contributed by atoms with E-state index in [0.29, 0.717) is 22.4 Å². The van der Waals surface area contributed by atoms with Gasteiger partial charge in [-0.2, -0.15) is 0 Å². The molecule has 3 rings (SSSR count). The lowest BCUT2D eigenvalue weighted by Crippen LogP contribution is -1.94. The highest BCUT2D eigenvalue weighted by atomic mass is 35.5. The molecule has 0 saturated carbocycles. The SMILES string of the molecule is O=C(O)c1ccc2nc(-c3cc(Cl)c(O)c(Cl)c3)[nH]c2c1. The number of aromatic nitrogens is 2. The molecule has 3 aromatic rings. The number of rotatable bonds is 2. The molecule has 0 saturated heterocycles. The van der Waals surface area contributed by atoms with Crippen LogP contribution in [0.3, 0.4) is 0 Å². The number of aromatic carboxylic acids is 1. The maximum Gasteiger partial charge on any atom is 0.335 e. The van der Waals surface area contributed by atoms with Crippen LogP contribution in [0.5, 0.6) is 5.75 Å². The number of benzene rings is 2. The number of phenolic OH excluding ortho intramolecular Hbond substituents is 1. The number of aromatic amines is 1. The van der Waals surface area contributed by atoms with Crippen LogP contribution in [0.4, 0.5) is 0 Å². The van der Waals surface area contributed by atoms with Gasteiger partial charge in [-0.15, -0.1) is 0 Å². The van der Waals surface area contributed by atoms with Crippen LogP contribution in [-0.4, -0.2) is 26.2 Å². The summed E-state index contributed by atoms with van der Waals surface area (Å²) in [5.41, 5.74) is 1.97. The summed E-state index contributed by atoms with van der Waals surface area (Å²) in [6.07, 6.45) is 0. The molecule has 3 N–H and O–H groups in total. The molecule has 0 aliphatic carbocycles. The van der Waals surface area contributed by atoms with Crippen molar-refractivity contribution in [2.24, 2.45) is 0 Å². The molecule has 1 aromatic heterocycles. The van der Waals surface area contributed by atoms with E-state index in [9.17, 15) is 9.90 Å². The Hall–Kier alpha value is -2.24. The number of imidazole rings is 1. The molecule has 0 atom stereocenters. The average molecular weight is 323 g/mol. The fourth-order valence-corrected chi connectivity index (χ4v) is 2.47. The predicted octanol–water partition coefficient (Wildman–Crippen LogP) is 3.94. The summed E-state index contributed by atoms with van der Waals surface area (Å²) >= 11 is 11.8. The van der Waals surface area contributed by atoms with Crippen LogP contribution in [0, 0.1) is 0 Å². The highest BCUT2D eigenvalue weighted by Crippen LogP contribution is 2.36. The zero-order valence-electron chi connectivity index (χ0n) is 10.4. The summed E-state index contributed by atoms with van der Waals surface area (Å²) in [4.78, 5) is 18.3. The lowest BCUT2D eigenvalue weighted by molar-refractivity contribution is 0.0697. The third-order valence-electron chi connectivity index (χ3n) is 3.02. The van der Waals surface area contributed by atoms with Crippen LogP contribution in [0.25, 0.3) is 22.4 Å². The maximum absolute atomic E-state index is 11.0. The van der Waals surface area contributed by atoms with E-state index in [4.69, 9.17) is 28.3 Å². The Morgan fingerprint density at radius 1 is 1.14 bits per heavy atom. The van der Waals surface area contributed by atoms with E-state index in [1.807, 2.05) is 0 Å². The third-order valence-corrected chi connectivity index (χ3v) is 3.60. The topological polar surface area (TPSA) is 86.2 Å². The van der Waals surface area contributed by atoms with Gasteiger partial charge >= 0.3 is 5.97 Å². The van der Waals surface area contributed by atoms with Crippen molar-refractivity contribution in [2.75, 3.05) is 0 Å². The molecule has 2 aromatic carbocycles. The molecule has 0 radical (unpaired) electrons. The van der Waals surface area contributed by atoms with Gasteiger partial charge in [0, 0.05) is 5.56 Å². The minimum Gasteiger partial charge on any atom is -0.505 e. The quantitative estimate of drug-likeness (QED) is 0.667. The summed E-state index contributed by atoms with van der Waals surface area (Å²) in [5, 5.41) is 18.8. The number of halogens is 2. The molecule has 0 bridgehead atoms. The van der Waals surface area contributed by atoms with Crippen molar-refractivity contribution >= 4 is 40.2 Å². The van der Waals surface area contributed by atoms with E-state index < -0.39 is 5.97 Å². The first-order valence-electron chi connectivity index (χ1n) is 5.87. The molecule has 7 heteroatoms. The molecule has 106 valence electrons. The molecule has 0 aliphatic heterocycles. The molecule has 0 fully saturated rings. The van der Waals surface area contributed by atoms with Crippen molar-refractivity contribution in [2.45, 2.75) is 0 Å². The van der Waals surface area contributed by atoms with Gasteiger partial charge in [-0.3, -0.25) is 0 Å². The van der Waals surface area contributed by atoms with E-state index in [-0.39, 0.29) is 21.4 Å². The third kappa shape index (κ3) is 2.41. The summed E-state index contributed by atoms with van der Waals surface area (Å²) in [6.45, 7) is 0. The Morgan fingerprint density at radius 2 is 1.81 bits per heavy atom. The number of carbonyl (C=O) groups is 1. The van der Waals surface area contributed by atoms with Gasteiger partial charge < -0.3 is 15.2 Å². The highest BCUT2D eigenvalue weighted by Gasteiger charge is 2.12. The van der Waals surface area contributed by atoms with E-state index in [2.05, 4.69) is 9.97 Å². The second kappa shape index (κ2) is 4.95. The van der Waals surface area contributed by atoms with E-state index in [1.165, 1.54) is 24.3 Å². The smallest absolute Gasteiger partial charge is 0.335 e. The number of hydrogen-bond acceptors (Lipinski definition) is 3. The van der Waals surface area contributed by atoms with Gasteiger partial charge in [-0.1, -0.05) is 23.2 Å². The summed E-state index contributed by atoms with van der Waals surface area (Å²) < 4.78 is 0. The van der Waals surface area contributed by atoms with Crippen molar-refractivity contribution in [3.63, 3.8) is 0 Å². The average Bonchev–Trinajstić information content (AvgIpc) is 2.86. The van der Waals surface area contributed by atoms with Crippen LogP contribution in [0.2, 0.25) is 10.0 Å². The number of nitrogens with zero attached hydrogens (tertiary/aromatic N) is 1. The van der Waals surface area contributed by atoms with Crippen molar-refractivity contribution in [3.8, 4) is 17.1 Å². The molecular weight excluding hydrogens is 315 g/mol. The van der Waals surface area contributed by atoms with Gasteiger partial charge in [-0.25, -0.2) is 9.78 Å². The van der Waals surface area contributed by atoms with Crippen LogP contribution in [0.15, 0.2) is 30.3 Å². The van der Waals surface area contributed by atoms with Gasteiger partial charge in [0.25, 0.3) is 0 Å². The maximum atomic E-state index is 11.0. The minimum atomic E-state index is -1.01. The standard InChI is InChI=1S/C14H8Cl2N2O3/c15-8-3-7(4-9(16)12(8)19)13-17-10-2-1-6(14(20)21)5-11(10)18-13/h1-5,19H,(H,17,18)(H,20,21). The molecule has 5 nitrogen and oxygen atoms in total. The minimum absolute atomic E-state index is 0.115. The van der Waals surface area contributed by atoms with Crippen LogP contribution in [-0.2, 0) is 0 Å². The van der Waals surface area contributed by atoms with E-state index in [1.54, 1.807) is 6.07 Å². The largest absolute Gasteiger partial charge is 0.505 e. The van der Waals surface area contributed by atoms with Gasteiger partial charge in [0.1, 0.15) is 5.82 Å². The monoisotopic (exact) mass is 322 g/mol. The summed E-state index contributed by atoms with van der Waals surface area (Å²) in [6, 6.07) is 7.64. The molecule has 21 heavy (non-hydrogen) atoms. The van der Waals surface area contributed by atoms with E-state index in [0.717, 1.165) is 0 Å². The van der Waals surface area contributed by atoms with Crippen LogP contribution < -0.4 is 0 Å². The van der Waals surface area contributed by atoms with Crippen LogP contribution >= 0.6 is 23.2 Å². The zero-order chi connectivity index (χ0) is 15.1. The summed E-state index contributed by atoms with van der Waals surface area (Å²) in [7, 11) is 0. The Labute approximate surface area is 128 Å². The van der Waals surface area contributed by atoms with Gasteiger partial charge in [0.15, 0.2) is 5.75 Å². The number of phenols is 1. The summed E-state index contributed by atoms with van der Waals surface area (Å²) in [5.74, 6) is -0.716. The first-order chi connectivity index (χ1) is 9.95. The fourth-order valence-electron chi connectivity index (χ4n) is 1.98. The molecule has 0 amide bonds. The number of hydrogen-bond donors (Lipinski definition) is 3. The second-order valence-corrected chi connectivity index (χ2v) is 5.23. The van der Waals surface area contributed by atoms with Gasteiger partial charge in [0.2, 0.25) is 0 Å². The van der Waals surface area contributed by atoms with Gasteiger partial charge in [0.05, 0.1) is 26.6 Å². The number of aromatic hydroxyl groups is 1. The normalized spacial score (nSPS) is 11.0. The van der Waals surface area contributed by atoms with E-state index >= 15 is 0 Å². The molecule has 0 spiro atoms. The first kappa shape index (κ1) is 13.7. The predicted molar refractivity (Wildman–Crippen MR) is 80.2 cm³/mol.